The van der Waals surface area contributed by atoms with Crippen molar-refractivity contribution in [3.63, 3.8) is 0 Å². The number of carbonyl (C=O) groups excluding carboxylic acids is 3. The van der Waals surface area contributed by atoms with Gasteiger partial charge in [0, 0.05) is 31.1 Å². The fourth-order valence-electron chi connectivity index (χ4n) is 4.35. The number of rotatable bonds is 3. The van der Waals surface area contributed by atoms with Gasteiger partial charge in [0.05, 0.1) is 12.1 Å². The van der Waals surface area contributed by atoms with Gasteiger partial charge in [0.2, 0.25) is 11.8 Å². The maximum atomic E-state index is 12.5. The first kappa shape index (κ1) is 17.8. The number of carbonyl (C=O) groups is 3. The van der Waals surface area contributed by atoms with Gasteiger partial charge in [-0.25, -0.2) is 0 Å². The summed E-state index contributed by atoms with van der Waals surface area (Å²) in [6.07, 6.45) is 5.73. The van der Waals surface area contributed by atoms with Gasteiger partial charge < -0.3 is 20.9 Å². The van der Waals surface area contributed by atoms with Gasteiger partial charge in [-0.15, -0.1) is 0 Å². The van der Waals surface area contributed by atoms with Gasteiger partial charge >= 0.3 is 0 Å². The molecule has 3 amide bonds. The lowest BCUT2D eigenvalue weighted by Crippen LogP contribution is -2.58. The first-order valence-electron chi connectivity index (χ1n) is 9.82. The quantitative estimate of drug-likeness (QED) is 0.754. The number of benzene rings is 1. The molecule has 1 spiro atoms. The lowest BCUT2D eigenvalue weighted by molar-refractivity contribution is -0.135. The average molecular weight is 370 g/mol. The predicted molar refractivity (Wildman–Crippen MR) is 101 cm³/mol. The molecule has 0 aromatic heterocycles. The van der Waals surface area contributed by atoms with Crippen molar-refractivity contribution in [2.75, 3.05) is 18.4 Å². The molecule has 3 aliphatic rings. The highest BCUT2D eigenvalue weighted by Gasteiger charge is 2.40. The molecule has 2 fully saturated rings. The van der Waals surface area contributed by atoms with Crippen LogP contribution in [0.2, 0.25) is 0 Å². The fourth-order valence-corrected chi connectivity index (χ4v) is 4.35. The Morgan fingerprint density at radius 3 is 2.74 bits per heavy atom. The van der Waals surface area contributed by atoms with Crippen molar-refractivity contribution in [2.24, 2.45) is 0 Å². The zero-order valence-corrected chi connectivity index (χ0v) is 15.4. The monoisotopic (exact) mass is 370 g/mol. The van der Waals surface area contributed by atoms with Crippen LogP contribution in [0.4, 0.5) is 5.69 Å². The van der Waals surface area contributed by atoms with Gasteiger partial charge in [-0.05, 0) is 31.4 Å². The highest BCUT2D eigenvalue weighted by atomic mass is 16.2. The van der Waals surface area contributed by atoms with E-state index in [1.807, 2.05) is 18.2 Å². The molecule has 1 saturated carbocycles. The van der Waals surface area contributed by atoms with Crippen LogP contribution in [0.1, 0.15) is 55.3 Å². The molecular weight excluding hydrogens is 344 g/mol. The number of hydrogen-bond donors (Lipinski definition) is 3. The summed E-state index contributed by atoms with van der Waals surface area (Å²) in [6.45, 7) is 0.530. The van der Waals surface area contributed by atoms with Crippen LogP contribution in [0.5, 0.6) is 0 Å². The third-order valence-corrected chi connectivity index (χ3v) is 5.88. The first-order chi connectivity index (χ1) is 13.0. The number of nitrogens with one attached hydrogen (secondary N) is 3. The zero-order valence-electron chi connectivity index (χ0n) is 15.4. The van der Waals surface area contributed by atoms with Gasteiger partial charge in [-0.3, -0.25) is 14.4 Å². The molecule has 27 heavy (non-hydrogen) atoms. The Bertz CT molecular complexity index is 759. The van der Waals surface area contributed by atoms with Crippen LogP contribution in [0.3, 0.4) is 0 Å². The van der Waals surface area contributed by atoms with E-state index in [0.717, 1.165) is 31.4 Å². The molecule has 2 aliphatic heterocycles. The summed E-state index contributed by atoms with van der Waals surface area (Å²) >= 11 is 0. The molecule has 3 N–H and O–H groups in total. The Hall–Kier alpha value is -2.57. The van der Waals surface area contributed by atoms with E-state index in [1.54, 1.807) is 11.0 Å². The van der Waals surface area contributed by atoms with Crippen LogP contribution in [0.25, 0.3) is 0 Å². The van der Waals surface area contributed by atoms with Crippen LogP contribution in [-0.2, 0) is 9.59 Å². The topological polar surface area (TPSA) is 90.5 Å². The molecule has 4 rings (SSSR count). The van der Waals surface area contributed by atoms with E-state index in [4.69, 9.17) is 0 Å². The average Bonchev–Trinajstić information content (AvgIpc) is 3.11. The number of nitrogens with zero attached hydrogens (tertiary/aromatic N) is 1. The second-order valence-corrected chi connectivity index (χ2v) is 7.82. The molecule has 0 radical (unpaired) electrons. The lowest BCUT2D eigenvalue weighted by Gasteiger charge is -2.39. The number of likely N-dealkylation sites (tertiary alicyclic amines) is 1. The van der Waals surface area contributed by atoms with Crippen molar-refractivity contribution in [1.29, 1.82) is 0 Å². The van der Waals surface area contributed by atoms with Crippen molar-refractivity contribution in [2.45, 2.75) is 56.7 Å². The van der Waals surface area contributed by atoms with Crippen molar-refractivity contribution >= 4 is 23.4 Å². The molecule has 1 aromatic carbocycles. The zero-order chi connectivity index (χ0) is 18.9. The smallest absolute Gasteiger partial charge is 0.255 e. The maximum Gasteiger partial charge on any atom is 0.255 e. The van der Waals surface area contributed by atoms with Gasteiger partial charge in [0.25, 0.3) is 5.91 Å². The minimum atomic E-state index is -0.641. The number of para-hydroxylation sites is 1. The van der Waals surface area contributed by atoms with E-state index in [2.05, 4.69) is 16.0 Å². The largest absolute Gasteiger partial charge is 0.362 e. The summed E-state index contributed by atoms with van der Waals surface area (Å²) in [5.74, 6) is -0.246. The Kier molecular flexibility index (Phi) is 4.76. The molecule has 144 valence electrons. The van der Waals surface area contributed by atoms with Crippen molar-refractivity contribution in [3.8, 4) is 0 Å². The van der Waals surface area contributed by atoms with E-state index in [-0.39, 0.29) is 30.3 Å². The van der Waals surface area contributed by atoms with E-state index in [1.165, 1.54) is 0 Å². The third-order valence-electron chi connectivity index (χ3n) is 5.88. The molecule has 0 bridgehead atoms. The van der Waals surface area contributed by atoms with Crippen molar-refractivity contribution < 1.29 is 14.4 Å². The standard InChI is InChI=1S/C20H26N4O3/c25-17(21-14-5-1-2-6-14)13-24-12-11-20(10-9-18(24)26)22-16-8-4-3-7-15(16)19(27)23-20/h3-4,7-8,14,22H,1-2,5-6,9-13H2,(H,21,25)(H,23,27). The highest BCUT2D eigenvalue weighted by Crippen LogP contribution is 2.31. The number of anilines is 1. The maximum absolute atomic E-state index is 12.5. The summed E-state index contributed by atoms with van der Waals surface area (Å²) in [5.41, 5.74) is 0.769. The molecule has 1 aliphatic carbocycles. The third kappa shape index (κ3) is 3.77. The number of amides is 3. The molecule has 2 heterocycles. The predicted octanol–water partition coefficient (Wildman–Crippen LogP) is 1.61. The fraction of sp³-hybridized carbons (Fsp3) is 0.550. The molecule has 7 nitrogen and oxygen atoms in total. The Morgan fingerprint density at radius 1 is 1.15 bits per heavy atom. The Morgan fingerprint density at radius 2 is 1.93 bits per heavy atom. The van der Waals surface area contributed by atoms with Crippen LogP contribution in [0, 0.1) is 0 Å². The van der Waals surface area contributed by atoms with Crippen LogP contribution >= 0.6 is 0 Å². The summed E-state index contributed by atoms with van der Waals surface area (Å²) < 4.78 is 0. The molecule has 1 unspecified atom stereocenters. The van der Waals surface area contributed by atoms with E-state index >= 15 is 0 Å². The van der Waals surface area contributed by atoms with Crippen LogP contribution in [-0.4, -0.2) is 47.4 Å². The minimum absolute atomic E-state index is 0.0386. The summed E-state index contributed by atoms with van der Waals surface area (Å²) in [4.78, 5) is 39.0. The molecular formula is C20H26N4O3. The van der Waals surface area contributed by atoms with Gasteiger partial charge in [0.1, 0.15) is 5.66 Å². The van der Waals surface area contributed by atoms with Gasteiger partial charge in [-0.1, -0.05) is 25.0 Å². The molecule has 1 aromatic rings. The second-order valence-electron chi connectivity index (χ2n) is 7.82. The molecule has 1 atom stereocenters. The van der Waals surface area contributed by atoms with E-state index < -0.39 is 5.66 Å². The molecule has 7 heteroatoms. The number of hydrogen-bond acceptors (Lipinski definition) is 4. The lowest BCUT2D eigenvalue weighted by atomic mass is 9.95. The minimum Gasteiger partial charge on any atom is -0.362 e. The SMILES string of the molecule is O=C(CN1CCC2(CCC1=O)NC(=O)c1ccccc1N2)NC1CCCC1. The molecule has 1 saturated heterocycles. The first-order valence-corrected chi connectivity index (χ1v) is 9.82. The summed E-state index contributed by atoms with van der Waals surface area (Å²) in [5, 5.41) is 9.52. The number of fused-ring (bicyclic) bond motifs is 1. The second kappa shape index (κ2) is 7.21. The summed E-state index contributed by atoms with van der Waals surface area (Å²) in [7, 11) is 0. The Labute approximate surface area is 158 Å². The van der Waals surface area contributed by atoms with E-state index in [9.17, 15) is 14.4 Å². The van der Waals surface area contributed by atoms with E-state index in [0.29, 0.717) is 31.4 Å². The van der Waals surface area contributed by atoms with Gasteiger partial charge in [-0.2, -0.15) is 0 Å². The Balaban J connectivity index is 1.41. The van der Waals surface area contributed by atoms with Crippen molar-refractivity contribution in [3.05, 3.63) is 29.8 Å². The summed E-state index contributed by atoms with van der Waals surface area (Å²) in [6, 6.07) is 7.64. The van der Waals surface area contributed by atoms with Crippen LogP contribution in [0.15, 0.2) is 24.3 Å². The normalized spacial score (nSPS) is 25.6. The van der Waals surface area contributed by atoms with Gasteiger partial charge in [0.15, 0.2) is 0 Å². The van der Waals surface area contributed by atoms with Crippen molar-refractivity contribution in [1.82, 2.24) is 15.5 Å². The highest BCUT2D eigenvalue weighted by molar-refractivity contribution is 6.02. The van der Waals surface area contributed by atoms with Crippen LogP contribution < -0.4 is 16.0 Å².